The molecule has 98 valence electrons. The molecular formula is C12H16N2OS3. The standard InChI is InChI=1S/C12H16N2OS3/c1-4-14-11(15)10(18-12(14)16)8(2)7-9-13(3)5-6-17-9/h7H,4-6H2,1-3H3/b9-7+,10-8+. The van der Waals surface area contributed by atoms with E-state index in [9.17, 15) is 4.79 Å². The summed E-state index contributed by atoms with van der Waals surface area (Å²) in [5.41, 5.74) is 1.01. The molecule has 3 nitrogen and oxygen atoms in total. The van der Waals surface area contributed by atoms with Gasteiger partial charge in [0.2, 0.25) is 0 Å². The third-order valence-electron chi connectivity index (χ3n) is 2.92. The SMILES string of the molecule is CCN1C(=O)/C(=C(C)\C=C2\SCCN2C)SC1=S. The number of carbonyl (C=O) groups excluding carboxylic acids is 1. The smallest absolute Gasteiger partial charge is 0.266 e. The summed E-state index contributed by atoms with van der Waals surface area (Å²) in [5.74, 6) is 1.17. The number of thioether (sulfide) groups is 2. The van der Waals surface area contributed by atoms with E-state index in [1.807, 2.05) is 25.6 Å². The summed E-state index contributed by atoms with van der Waals surface area (Å²) in [6.07, 6.45) is 2.10. The van der Waals surface area contributed by atoms with E-state index in [0.717, 1.165) is 22.8 Å². The summed E-state index contributed by atoms with van der Waals surface area (Å²) in [5, 5.41) is 1.23. The van der Waals surface area contributed by atoms with Crippen LogP contribution in [0.2, 0.25) is 0 Å². The van der Waals surface area contributed by atoms with Crippen molar-refractivity contribution in [3.8, 4) is 0 Å². The van der Waals surface area contributed by atoms with Crippen LogP contribution in [0.25, 0.3) is 0 Å². The minimum atomic E-state index is 0.0486. The number of nitrogens with zero attached hydrogens (tertiary/aromatic N) is 2. The van der Waals surface area contributed by atoms with E-state index in [1.54, 1.807) is 4.90 Å². The lowest BCUT2D eigenvalue weighted by atomic mass is 10.2. The molecule has 0 aromatic rings. The maximum Gasteiger partial charge on any atom is 0.266 e. The van der Waals surface area contributed by atoms with Gasteiger partial charge in [-0.1, -0.05) is 24.0 Å². The molecule has 0 bridgehead atoms. The van der Waals surface area contributed by atoms with Crippen LogP contribution in [0.1, 0.15) is 13.8 Å². The molecule has 2 saturated heterocycles. The number of likely N-dealkylation sites (N-methyl/N-ethyl adjacent to an activating group) is 1. The van der Waals surface area contributed by atoms with Crippen molar-refractivity contribution < 1.29 is 4.79 Å². The van der Waals surface area contributed by atoms with Crippen LogP contribution in [0, 0.1) is 0 Å². The van der Waals surface area contributed by atoms with Crippen LogP contribution in [0.15, 0.2) is 21.6 Å². The van der Waals surface area contributed by atoms with Crippen molar-refractivity contribution in [1.82, 2.24) is 9.80 Å². The molecule has 0 spiro atoms. The van der Waals surface area contributed by atoms with Gasteiger partial charge >= 0.3 is 0 Å². The largest absolute Gasteiger partial charge is 0.369 e. The molecule has 0 N–H and O–H groups in total. The second-order valence-corrected chi connectivity index (χ2v) is 6.94. The zero-order chi connectivity index (χ0) is 13.3. The molecule has 6 heteroatoms. The van der Waals surface area contributed by atoms with E-state index in [0.29, 0.717) is 10.9 Å². The lowest BCUT2D eigenvalue weighted by Gasteiger charge is -2.12. The molecule has 0 atom stereocenters. The van der Waals surface area contributed by atoms with Crippen LogP contribution in [-0.4, -0.2) is 45.9 Å². The van der Waals surface area contributed by atoms with Crippen molar-refractivity contribution in [1.29, 1.82) is 0 Å². The number of rotatable bonds is 2. The van der Waals surface area contributed by atoms with Crippen molar-refractivity contribution in [2.45, 2.75) is 13.8 Å². The van der Waals surface area contributed by atoms with E-state index in [-0.39, 0.29) is 5.91 Å². The predicted molar refractivity (Wildman–Crippen MR) is 83.4 cm³/mol. The average molecular weight is 300 g/mol. The molecule has 2 rings (SSSR count). The van der Waals surface area contributed by atoms with Gasteiger partial charge < -0.3 is 4.90 Å². The van der Waals surface area contributed by atoms with E-state index in [4.69, 9.17) is 12.2 Å². The number of carbonyl (C=O) groups is 1. The Hall–Kier alpha value is -0.460. The summed E-state index contributed by atoms with van der Waals surface area (Å²) in [6, 6.07) is 0. The number of thiocarbonyl (C=S) groups is 1. The van der Waals surface area contributed by atoms with Gasteiger partial charge in [-0.15, -0.1) is 11.8 Å². The molecule has 1 amide bonds. The second kappa shape index (κ2) is 5.67. The highest BCUT2D eigenvalue weighted by Gasteiger charge is 2.32. The molecule has 0 radical (unpaired) electrons. The molecular weight excluding hydrogens is 284 g/mol. The van der Waals surface area contributed by atoms with E-state index >= 15 is 0 Å². The summed E-state index contributed by atoms with van der Waals surface area (Å²) in [4.78, 5) is 16.8. The van der Waals surface area contributed by atoms with Gasteiger partial charge in [-0.3, -0.25) is 9.69 Å². The highest BCUT2D eigenvalue weighted by molar-refractivity contribution is 8.26. The Morgan fingerprint density at radius 3 is 2.78 bits per heavy atom. The Kier molecular flexibility index (Phi) is 4.40. The van der Waals surface area contributed by atoms with Crippen LogP contribution < -0.4 is 0 Å². The van der Waals surface area contributed by atoms with Crippen LogP contribution in [0.3, 0.4) is 0 Å². The summed E-state index contributed by atoms with van der Waals surface area (Å²) >= 11 is 8.46. The fraction of sp³-hybridized carbons (Fsp3) is 0.500. The van der Waals surface area contributed by atoms with Gasteiger partial charge in [-0.25, -0.2) is 0 Å². The molecule has 0 saturated carbocycles. The molecule has 2 aliphatic rings. The Morgan fingerprint density at radius 2 is 2.28 bits per heavy atom. The molecule has 2 fully saturated rings. The Balaban J connectivity index is 2.27. The summed E-state index contributed by atoms with van der Waals surface area (Å²) < 4.78 is 0.669. The number of hydrogen-bond donors (Lipinski definition) is 0. The van der Waals surface area contributed by atoms with Crippen molar-refractivity contribution in [3.05, 3.63) is 21.6 Å². The van der Waals surface area contributed by atoms with Gasteiger partial charge in [0.1, 0.15) is 4.32 Å². The first-order chi connectivity index (χ1) is 8.54. The maximum atomic E-state index is 12.2. The van der Waals surface area contributed by atoms with Crippen LogP contribution in [-0.2, 0) is 4.79 Å². The van der Waals surface area contributed by atoms with Crippen molar-refractivity contribution in [2.24, 2.45) is 0 Å². The molecule has 0 aliphatic carbocycles. The first-order valence-corrected chi connectivity index (χ1v) is 8.05. The topological polar surface area (TPSA) is 23.6 Å². The van der Waals surface area contributed by atoms with Crippen molar-refractivity contribution in [3.63, 3.8) is 0 Å². The van der Waals surface area contributed by atoms with Crippen LogP contribution in [0.5, 0.6) is 0 Å². The minimum Gasteiger partial charge on any atom is -0.369 e. The van der Waals surface area contributed by atoms with Crippen molar-refractivity contribution >= 4 is 46.0 Å². The highest BCUT2D eigenvalue weighted by Crippen LogP contribution is 2.35. The zero-order valence-electron chi connectivity index (χ0n) is 10.7. The van der Waals surface area contributed by atoms with Gasteiger partial charge in [-0.2, -0.15) is 0 Å². The third-order valence-corrected chi connectivity index (χ3v) is 5.59. The van der Waals surface area contributed by atoms with Crippen LogP contribution >= 0.6 is 35.7 Å². The zero-order valence-corrected chi connectivity index (χ0v) is 13.2. The van der Waals surface area contributed by atoms with Gasteiger partial charge in [0, 0.05) is 25.9 Å². The Labute approximate surface area is 122 Å². The van der Waals surface area contributed by atoms with Gasteiger partial charge in [-0.05, 0) is 25.5 Å². The Morgan fingerprint density at radius 1 is 1.56 bits per heavy atom. The molecule has 2 aliphatic heterocycles. The fourth-order valence-corrected chi connectivity index (χ4v) is 4.35. The number of amides is 1. The first-order valence-electron chi connectivity index (χ1n) is 5.84. The lowest BCUT2D eigenvalue weighted by Crippen LogP contribution is -2.27. The fourth-order valence-electron chi connectivity index (χ4n) is 1.82. The molecule has 0 aromatic carbocycles. The second-order valence-electron chi connectivity index (χ2n) is 4.18. The number of allylic oxidation sites excluding steroid dienone is 2. The Bertz CT molecular complexity index is 456. The monoisotopic (exact) mass is 300 g/mol. The normalized spacial score (nSPS) is 25.6. The van der Waals surface area contributed by atoms with Gasteiger partial charge in [0.25, 0.3) is 5.91 Å². The molecule has 18 heavy (non-hydrogen) atoms. The molecule has 2 heterocycles. The number of hydrogen-bond acceptors (Lipinski definition) is 5. The average Bonchev–Trinajstić information content (AvgIpc) is 2.84. The lowest BCUT2D eigenvalue weighted by molar-refractivity contribution is -0.122. The quantitative estimate of drug-likeness (QED) is 0.576. The predicted octanol–water partition coefficient (Wildman–Crippen LogP) is 2.66. The van der Waals surface area contributed by atoms with E-state index in [2.05, 4.69) is 18.0 Å². The van der Waals surface area contributed by atoms with Crippen molar-refractivity contribution in [2.75, 3.05) is 25.9 Å². The highest BCUT2D eigenvalue weighted by atomic mass is 32.2. The van der Waals surface area contributed by atoms with Gasteiger partial charge in [0.15, 0.2) is 0 Å². The maximum absolute atomic E-state index is 12.2. The van der Waals surface area contributed by atoms with E-state index < -0.39 is 0 Å². The minimum absolute atomic E-state index is 0.0486. The first kappa shape index (κ1) is 14.0. The van der Waals surface area contributed by atoms with E-state index in [1.165, 1.54) is 16.8 Å². The molecule has 0 unspecified atom stereocenters. The molecule has 0 aromatic heterocycles. The summed E-state index contributed by atoms with van der Waals surface area (Å²) in [6.45, 7) is 5.65. The van der Waals surface area contributed by atoms with Gasteiger partial charge in [0.05, 0.1) is 9.93 Å². The van der Waals surface area contributed by atoms with Crippen LogP contribution in [0.4, 0.5) is 0 Å². The third kappa shape index (κ3) is 2.60. The summed E-state index contributed by atoms with van der Waals surface area (Å²) in [7, 11) is 2.08.